The molecule has 0 unspecified atom stereocenters. The molecular formula is C21H19FN4O6S2. The van der Waals surface area contributed by atoms with Gasteiger partial charge in [-0.3, -0.25) is 9.20 Å². The molecule has 4 aromatic rings. The summed E-state index contributed by atoms with van der Waals surface area (Å²) >= 11 is 0. The maximum absolute atomic E-state index is 14.6. The van der Waals surface area contributed by atoms with Gasteiger partial charge in [-0.25, -0.2) is 22.5 Å². The first-order chi connectivity index (χ1) is 16.1. The smallest absolute Gasteiger partial charge is 0.300 e. The molecule has 0 radical (unpaired) electrons. The van der Waals surface area contributed by atoms with Gasteiger partial charge in [0.1, 0.15) is 17.0 Å². The average Bonchev–Trinajstić information content (AvgIpc) is 3.35. The lowest BCUT2D eigenvalue weighted by molar-refractivity contribution is 0.0956. The highest BCUT2D eigenvalue weighted by atomic mass is 32.2. The molecule has 1 aliphatic heterocycles. The standard InChI is InChI=1S/C21H19FN4O6S2/c1-2-33(28,29)20-21(26-9-4-3-6-18(26)23-20)34(30,31)24-19(27)17-12-14-15(22)10-13(11-16(14)32-17)25-7-5-8-25/h3-4,6,9-12H,2,5,7-8H2,1H3,(H,24,27). The molecule has 1 saturated heterocycles. The highest BCUT2D eigenvalue weighted by Gasteiger charge is 2.34. The number of nitrogens with zero attached hydrogens (tertiary/aromatic N) is 3. The Labute approximate surface area is 194 Å². The fourth-order valence-electron chi connectivity index (χ4n) is 3.71. The molecule has 1 N–H and O–H groups in total. The van der Waals surface area contributed by atoms with Gasteiger partial charge in [0.25, 0.3) is 10.0 Å². The minimum atomic E-state index is -4.72. The summed E-state index contributed by atoms with van der Waals surface area (Å²) in [4.78, 5) is 18.7. The van der Waals surface area contributed by atoms with Crippen LogP contribution >= 0.6 is 0 Å². The summed E-state index contributed by atoms with van der Waals surface area (Å²) < 4.78 is 74.4. The van der Waals surface area contributed by atoms with Crippen molar-refractivity contribution >= 4 is 48.1 Å². The van der Waals surface area contributed by atoms with Crippen LogP contribution in [0.4, 0.5) is 10.1 Å². The van der Waals surface area contributed by atoms with Gasteiger partial charge in [0.15, 0.2) is 25.6 Å². The molecule has 0 bridgehead atoms. The zero-order chi connectivity index (χ0) is 24.3. The van der Waals surface area contributed by atoms with Crippen LogP contribution in [-0.4, -0.2) is 51.0 Å². The molecule has 1 aliphatic rings. The Bertz CT molecular complexity index is 1670. The van der Waals surface area contributed by atoms with Gasteiger partial charge in [-0.1, -0.05) is 13.0 Å². The highest BCUT2D eigenvalue weighted by Crippen LogP contribution is 2.30. The monoisotopic (exact) mass is 506 g/mol. The van der Waals surface area contributed by atoms with Crippen molar-refractivity contribution in [3.05, 3.63) is 54.2 Å². The van der Waals surface area contributed by atoms with Crippen molar-refractivity contribution in [1.29, 1.82) is 0 Å². The Kier molecular flexibility index (Phi) is 5.13. The van der Waals surface area contributed by atoms with Crippen molar-refractivity contribution in [2.45, 2.75) is 23.4 Å². The van der Waals surface area contributed by atoms with Crippen LogP contribution in [0.25, 0.3) is 16.6 Å². The van der Waals surface area contributed by atoms with Crippen LogP contribution in [0.2, 0.25) is 0 Å². The van der Waals surface area contributed by atoms with Crippen LogP contribution in [-0.2, 0) is 19.9 Å². The van der Waals surface area contributed by atoms with E-state index in [0.717, 1.165) is 30.0 Å². The zero-order valence-electron chi connectivity index (χ0n) is 17.9. The molecular weight excluding hydrogens is 487 g/mol. The number of sulfone groups is 1. The van der Waals surface area contributed by atoms with Gasteiger partial charge < -0.3 is 9.32 Å². The number of fused-ring (bicyclic) bond motifs is 2. The number of furan rings is 1. The number of amides is 1. The van der Waals surface area contributed by atoms with E-state index in [0.29, 0.717) is 5.69 Å². The summed E-state index contributed by atoms with van der Waals surface area (Å²) in [7, 11) is -8.77. The van der Waals surface area contributed by atoms with E-state index in [2.05, 4.69) is 4.98 Å². The molecule has 1 fully saturated rings. The predicted molar refractivity (Wildman–Crippen MR) is 121 cm³/mol. The maximum Gasteiger partial charge on any atom is 0.300 e. The molecule has 13 heteroatoms. The quantitative estimate of drug-likeness (QED) is 0.422. The zero-order valence-corrected chi connectivity index (χ0v) is 19.5. The number of nitrogens with one attached hydrogen (secondary N) is 1. The van der Waals surface area contributed by atoms with Gasteiger partial charge in [0, 0.05) is 37.1 Å². The third-order valence-corrected chi connectivity index (χ3v) is 8.75. The number of anilines is 1. The van der Waals surface area contributed by atoms with Crippen molar-refractivity contribution in [2.24, 2.45) is 0 Å². The molecule has 1 amide bonds. The minimum Gasteiger partial charge on any atom is -0.451 e. The van der Waals surface area contributed by atoms with Crippen molar-refractivity contribution in [3.8, 4) is 0 Å². The number of benzene rings is 1. The minimum absolute atomic E-state index is 0.0240. The number of carbonyl (C=O) groups excluding carboxylic acids is 1. The van der Waals surface area contributed by atoms with E-state index in [9.17, 15) is 26.0 Å². The summed E-state index contributed by atoms with van der Waals surface area (Å²) in [5.74, 6) is -2.61. The van der Waals surface area contributed by atoms with E-state index in [1.54, 1.807) is 12.1 Å². The molecule has 10 nitrogen and oxygen atoms in total. The van der Waals surface area contributed by atoms with Crippen molar-refractivity contribution in [3.63, 3.8) is 0 Å². The third kappa shape index (κ3) is 3.60. The second-order valence-electron chi connectivity index (χ2n) is 7.78. The Morgan fingerprint density at radius 2 is 1.94 bits per heavy atom. The van der Waals surface area contributed by atoms with E-state index in [4.69, 9.17) is 4.42 Å². The summed E-state index contributed by atoms with van der Waals surface area (Å²) in [5.41, 5.74) is 0.769. The Balaban J connectivity index is 1.54. The summed E-state index contributed by atoms with van der Waals surface area (Å²) in [6, 6.07) is 8.52. The van der Waals surface area contributed by atoms with Gasteiger partial charge in [-0.2, -0.15) is 8.42 Å². The fourth-order valence-corrected chi connectivity index (χ4v) is 6.42. The number of hydrogen-bond acceptors (Lipinski definition) is 8. The predicted octanol–water partition coefficient (Wildman–Crippen LogP) is 2.34. The van der Waals surface area contributed by atoms with Gasteiger partial charge in [-0.15, -0.1) is 0 Å². The first kappa shape index (κ1) is 22.3. The fraction of sp³-hybridized carbons (Fsp3) is 0.238. The van der Waals surface area contributed by atoms with E-state index in [1.165, 1.54) is 31.3 Å². The topological polar surface area (TPSA) is 131 Å². The number of imidazole rings is 1. The average molecular weight is 507 g/mol. The van der Waals surface area contributed by atoms with E-state index >= 15 is 0 Å². The van der Waals surface area contributed by atoms with Crippen LogP contribution in [0.15, 0.2) is 57.1 Å². The molecule has 0 saturated carbocycles. The van der Waals surface area contributed by atoms with Crippen LogP contribution < -0.4 is 9.62 Å². The van der Waals surface area contributed by atoms with Gasteiger partial charge in [-0.05, 0) is 24.6 Å². The van der Waals surface area contributed by atoms with E-state index < -0.39 is 53.1 Å². The highest BCUT2D eigenvalue weighted by molar-refractivity contribution is 7.93. The van der Waals surface area contributed by atoms with Crippen molar-refractivity contribution in [1.82, 2.24) is 14.1 Å². The molecule has 0 atom stereocenters. The van der Waals surface area contributed by atoms with E-state index in [1.807, 2.05) is 9.62 Å². The number of sulfonamides is 1. The van der Waals surface area contributed by atoms with Gasteiger partial charge >= 0.3 is 5.91 Å². The first-order valence-corrected chi connectivity index (χ1v) is 13.5. The molecule has 5 rings (SSSR count). The second kappa shape index (κ2) is 7.81. The number of pyridine rings is 1. The van der Waals surface area contributed by atoms with Crippen LogP contribution in [0.1, 0.15) is 23.9 Å². The Morgan fingerprint density at radius 3 is 2.62 bits per heavy atom. The van der Waals surface area contributed by atoms with Crippen LogP contribution in [0.5, 0.6) is 0 Å². The second-order valence-corrected chi connectivity index (χ2v) is 11.6. The SMILES string of the molecule is CCS(=O)(=O)c1nc2ccccn2c1S(=O)(=O)NC(=O)c1cc2c(F)cc(N3CCC3)cc2o1. The molecule has 1 aromatic carbocycles. The van der Waals surface area contributed by atoms with Crippen molar-refractivity contribution in [2.75, 3.05) is 23.7 Å². The number of rotatable bonds is 6. The van der Waals surface area contributed by atoms with Crippen LogP contribution in [0, 0.1) is 5.82 Å². The van der Waals surface area contributed by atoms with Crippen LogP contribution in [0.3, 0.4) is 0 Å². The molecule has 0 aliphatic carbocycles. The largest absolute Gasteiger partial charge is 0.451 e. The summed E-state index contributed by atoms with van der Waals surface area (Å²) in [6.45, 7) is 2.91. The Hall–Kier alpha value is -3.45. The van der Waals surface area contributed by atoms with Gasteiger partial charge in [0.05, 0.1) is 11.1 Å². The first-order valence-electron chi connectivity index (χ1n) is 10.4. The summed E-state index contributed by atoms with van der Waals surface area (Å²) in [6.07, 6.45) is 2.31. The van der Waals surface area contributed by atoms with E-state index in [-0.39, 0.29) is 16.6 Å². The lowest BCUT2D eigenvalue weighted by Gasteiger charge is -2.33. The van der Waals surface area contributed by atoms with Crippen molar-refractivity contribution < 1.29 is 30.4 Å². The maximum atomic E-state index is 14.6. The number of carbonyl (C=O) groups is 1. The molecule has 34 heavy (non-hydrogen) atoms. The molecule has 178 valence electrons. The normalized spacial score (nSPS) is 14.5. The lowest BCUT2D eigenvalue weighted by atomic mass is 10.1. The molecule has 3 aromatic heterocycles. The summed E-state index contributed by atoms with van der Waals surface area (Å²) in [5, 5.41) is -1.34. The molecule has 0 spiro atoms. The molecule has 4 heterocycles. The lowest BCUT2D eigenvalue weighted by Crippen LogP contribution is -2.36. The third-order valence-electron chi connectivity index (χ3n) is 5.63. The Morgan fingerprint density at radius 1 is 1.18 bits per heavy atom. The number of aromatic nitrogens is 2. The van der Waals surface area contributed by atoms with Gasteiger partial charge in [0.2, 0.25) is 0 Å². The number of halogens is 1. The number of hydrogen-bond donors (Lipinski definition) is 1.